The van der Waals surface area contributed by atoms with Gasteiger partial charge in [-0.25, -0.2) is 4.79 Å². The second-order valence-corrected chi connectivity index (χ2v) is 6.27. The van der Waals surface area contributed by atoms with Gasteiger partial charge in [0, 0.05) is 0 Å². The summed E-state index contributed by atoms with van der Waals surface area (Å²) < 4.78 is 0. The minimum absolute atomic E-state index is 0.164. The summed E-state index contributed by atoms with van der Waals surface area (Å²) in [5, 5.41) is 11.6. The summed E-state index contributed by atoms with van der Waals surface area (Å²) in [6, 6.07) is 8.65. The number of nitrogens with one attached hydrogen (secondary N) is 1. The van der Waals surface area contributed by atoms with Gasteiger partial charge in [0.15, 0.2) is 0 Å². The average Bonchev–Trinajstić information content (AvgIpc) is 2.76. The van der Waals surface area contributed by atoms with Gasteiger partial charge in [0.05, 0.1) is 18.2 Å². The third-order valence-electron chi connectivity index (χ3n) is 4.30. The second kappa shape index (κ2) is 7.28. The van der Waals surface area contributed by atoms with E-state index in [0.717, 1.165) is 31.2 Å². The van der Waals surface area contributed by atoms with E-state index in [1.807, 2.05) is 0 Å². The van der Waals surface area contributed by atoms with Crippen molar-refractivity contribution in [2.24, 2.45) is 0 Å². The Morgan fingerprint density at radius 2 is 1.87 bits per heavy atom. The van der Waals surface area contributed by atoms with Crippen molar-refractivity contribution in [2.45, 2.75) is 58.0 Å². The van der Waals surface area contributed by atoms with Crippen molar-refractivity contribution in [3.05, 3.63) is 35.4 Å². The molecule has 1 unspecified atom stereocenters. The number of urea groups is 1. The smallest absolute Gasteiger partial charge is 0.323 e. The highest BCUT2D eigenvalue weighted by molar-refractivity contribution is 6.06. The molecule has 0 saturated carbocycles. The summed E-state index contributed by atoms with van der Waals surface area (Å²) in [7, 11) is 0. The third kappa shape index (κ3) is 3.89. The van der Waals surface area contributed by atoms with E-state index in [1.165, 1.54) is 4.90 Å². The molecule has 0 radical (unpaired) electrons. The fraction of sp³-hybridized carbons (Fsp3) is 0.500. The molecule has 0 bridgehead atoms. The van der Waals surface area contributed by atoms with Gasteiger partial charge in [-0.3, -0.25) is 9.69 Å². The van der Waals surface area contributed by atoms with Gasteiger partial charge in [-0.1, -0.05) is 44.7 Å². The van der Waals surface area contributed by atoms with Gasteiger partial charge in [0.1, 0.15) is 5.54 Å². The molecule has 0 spiro atoms. The first-order valence-electron chi connectivity index (χ1n) is 8.13. The molecule has 122 valence electrons. The number of rotatable bonds is 7. The summed E-state index contributed by atoms with van der Waals surface area (Å²) >= 11 is 0. The number of carbonyl (C=O) groups excluding carboxylic acids is 2. The largest absolute Gasteiger partial charge is 0.325 e. The fourth-order valence-corrected chi connectivity index (χ4v) is 2.83. The second-order valence-electron chi connectivity index (χ2n) is 6.27. The number of imide groups is 1. The summed E-state index contributed by atoms with van der Waals surface area (Å²) in [5.41, 5.74) is 0.603. The van der Waals surface area contributed by atoms with E-state index in [4.69, 9.17) is 5.26 Å². The SMILES string of the molecule is CCCCCCC1(C)NC(=O)N(Cc2ccc(C#N)cc2)C1=O. The summed E-state index contributed by atoms with van der Waals surface area (Å²) in [5.74, 6) is -0.164. The van der Waals surface area contributed by atoms with E-state index in [-0.39, 0.29) is 18.5 Å². The molecule has 0 aromatic heterocycles. The van der Waals surface area contributed by atoms with Crippen LogP contribution < -0.4 is 5.32 Å². The van der Waals surface area contributed by atoms with Crippen LogP contribution >= 0.6 is 0 Å². The molecule has 2 rings (SSSR count). The Bertz CT molecular complexity index is 618. The van der Waals surface area contributed by atoms with Crippen LogP contribution in [-0.4, -0.2) is 22.4 Å². The molecule has 1 atom stereocenters. The monoisotopic (exact) mass is 313 g/mol. The number of hydrogen-bond donors (Lipinski definition) is 1. The van der Waals surface area contributed by atoms with Gasteiger partial charge in [-0.05, 0) is 31.0 Å². The Morgan fingerprint density at radius 1 is 1.17 bits per heavy atom. The maximum atomic E-state index is 12.6. The van der Waals surface area contributed by atoms with Crippen molar-refractivity contribution < 1.29 is 9.59 Å². The molecule has 1 saturated heterocycles. The van der Waals surface area contributed by atoms with Crippen molar-refractivity contribution in [3.8, 4) is 6.07 Å². The molecule has 5 nitrogen and oxygen atoms in total. The van der Waals surface area contributed by atoms with Crippen LogP contribution in [0.4, 0.5) is 4.79 Å². The number of benzene rings is 1. The van der Waals surface area contributed by atoms with Crippen LogP contribution in [-0.2, 0) is 11.3 Å². The van der Waals surface area contributed by atoms with Gasteiger partial charge < -0.3 is 5.32 Å². The number of nitrogens with zero attached hydrogens (tertiary/aromatic N) is 2. The van der Waals surface area contributed by atoms with E-state index in [1.54, 1.807) is 31.2 Å². The van der Waals surface area contributed by atoms with E-state index < -0.39 is 5.54 Å². The quantitative estimate of drug-likeness (QED) is 0.620. The van der Waals surface area contributed by atoms with E-state index in [9.17, 15) is 9.59 Å². The fourth-order valence-electron chi connectivity index (χ4n) is 2.83. The summed E-state index contributed by atoms with van der Waals surface area (Å²) in [6.45, 7) is 4.18. The molecule has 1 aromatic rings. The highest BCUT2D eigenvalue weighted by Crippen LogP contribution is 2.25. The molecular formula is C18H23N3O2. The number of carbonyl (C=O) groups is 2. The van der Waals surface area contributed by atoms with Gasteiger partial charge in [0.25, 0.3) is 5.91 Å². The molecule has 1 fully saturated rings. The zero-order valence-corrected chi connectivity index (χ0v) is 13.8. The first kappa shape index (κ1) is 17.0. The Morgan fingerprint density at radius 3 is 2.48 bits per heavy atom. The lowest BCUT2D eigenvalue weighted by Crippen LogP contribution is -2.43. The number of hydrogen-bond acceptors (Lipinski definition) is 3. The minimum atomic E-state index is -0.794. The van der Waals surface area contributed by atoms with Crippen molar-refractivity contribution in [1.29, 1.82) is 5.26 Å². The lowest BCUT2D eigenvalue weighted by Gasteiger charge is -2.21. The van der Waals surface area contributed by atoms with E-state index >= 15 is 0 Å². The molecule has 0 aliphatic carbocycles. The first-order chi connectivity index (χ1) is 11.0. The van der Waals surface area contributed by atoms with Gasteiger partial charge >= 0.3 is 6.03 Å². The highest BCUT2D eigenvalue weighted by atomic mass is 16.2. The van der Waals surface area contributed by atoms with Crippen molar-refractivity contribution >= 4 is 11.9 Å². The molecule has 23 heavy (non-hydrogen) atoms. The highest BCUT2D eigenvalue weighted by Gasteiger charge is 2.46. The molecule has 3 amide bonds. The molecule has 1 aliphatic heterocycles. The Hall–Kier alpha value is -2.35. The Balaban J connectivity index is 2.01. The van der Waals surface area contributed by atoms with E-state index in [2.05, 4.69) is 18.3 Å². The summed E-state index contributed by atoms with van der Waals surface area (Å²) in [4.78, 5) is 26.0. The molecule has 5 heteroatoms. The van der Waals surface area contributed by atoms with Crippen LogP contribution in [0, 0.1) is 11.3 Å². The van der Waals surface area contributed by atoms with Crippen LogP contribution in [0.1, 0.15) is 57.1 Å². The van der Waals surface area contributed by atoms with E-state index in [0.29, 0.717) is 12.0 Å². The van der Waals surface area contributed by atoms with Gasteiger partial charge in [-0.2, -0.15) is 5.26 Å². The van der Waals surface area contributed by atoms with Crippen molar-refractivity contribution in [3.63, 3.8) is 0 Å². The van der Waals surface area contributed by atoms with Crippen LogP contribution in [0.5, 0.6) is 0 Å². The van der Waals surface area contributed by atoms with Gasteiger partial charge in [0.2, 0.25) is 0 Å². The number of amides is 3. The lowest BCUT2D eigenvalue weighted by molar-refractivity contribution is -0.131. The van der Waals surface area contributed by atoms with Crippen molar-refractivity contribution in [1.82, 2.24) is 10.2 Å². The maximum absolute atomic E-state index is 12.6. The number of unbranched alkanes of at least 4 members (excludes halogenated alkanes) is 3. The minimum Gasteiger partial charge on any atom is -0.323 e. The molecule has 1 heterocycles. The predicted molar refractivity (Wildman–Crippen MR) is 87.4 cm³/mol. The molecular weight excluding hydrogens is 290 g/mol. The topological polar surface area (TPSA) is 73.2 Å². The third-order valence-corrected chi connectivity index (χ3v) is 4.30. The van der Waals surface area contributed by atoms with Crippen LogP contribution in [0.25, 0.3) is 0 Å². The van der Waals surface area contributed by atoms with Crippen LogP contribution in [0.3, 0.4) is 0 Å². The zero-order chi connectivity index (χ0) is 16.9. The van der Waals surface area contributed by atoms with Crippen molar-refractivity contribution in [2.75, 3.05) is 0 Å². The normalized spacial score (nSPS) is 20.5. The predicted octanol–water partition coefficient (Wildman–Crippen LogP) is 3.34. The standard InChI is InChI=1S/C18H23N3O2/c1-3-4-5-6-11-18(2)16(22)21(17(23)20-18)13-15-9-7-14(12-19)8-10-15/h7-10H,3-6,11,13H2,1-2H3,(H,20,23). The Labute approximate surface area is 137 Å². The Kier molecular flexibility index (Phi) is 5.38. The number of nitriles is 1. The molecule has 1 aliphatic rings. The van der Waals surface area contributed by atoms with Crippen LogP contribution in [0.15, 0.2) is 24.3 Å². The summed E-state index contributed by atoms with van der Waals surface area (Å²) in [6.07, 6.45) is 4.96. The molecule has 1 N–H and O–H groups in total. The molecule has 1 aromatic carbocycles. The maximum Gasteiger partial charge on any atom is 0.325 e. The van der Waals surface area contributed by atoms with Gasteiger partial charge in [-0.15, -0.1) is 0 Å². The van der Waals surface area contributed by atoms with Crippen LogP contribution in [0.2, 0.25) is 0 Å². The lowest BCUT2D eigenvalue weighted by atomic mass is 9.94. The first-order valence-corrected chi connectivity index (χ1v) is 8.13. The average molecular weight is 313 g/mol. The zero-order valence-electron chi connectivity index (χ0n) is 13.8.